The van der Waals surface area contributed by atoms with Gasteiger partial charge in [0.15, 0.2) is 0 Å². The third-order valence-electron chi connectivity index (χ3n) is 4.36. The summed E-state index contributed by atoms with van der Waals surface area (Å²) >= 11 is 0. The molecule has 1 unspecified atom stereocenters. The number of fused-ring (bicyclic) bond motifs is 1. The summed E-state index contributed by atoms with van der Waals surface area (Å²) < 4.78 is 14.9. The highest BCUT2D eigenvalue weighted by Gasteiger charge is 2.39. The number of rotatable bonds is 3. The molecule has 0 saturated heterocycles. The van der Waals surface area contributed by atoms with E-state index in [9.17, 15) is 14.0 Å². The topological polar surface area (TPSA) is 55.2 Å². The van der Waals surface area contributed by atoms with Gasteiger partial charge in [-0.1, -0.05) is 12.1 Å². The smallest absolute Gasteiger partial charge is 0.262 e. The zero-order valence-corrected chi connectivity index (χ0v) is 13.4. The Kier molecular flexibility index (Phi) is 3.46. The molecule has 2 amide bonds. The van der Waals surface area contributed by atoms with E-state index in [1.165, 1.54) is 17.0 Å². The van der Waals surface area contributed by atoms with Crippen LogP contribution in [0.1, 0.15) is 39.5 Å². The van der Waals surface area contributed by atoms with Crippen LogP contribution in [0.2, 0.25) is 0 Å². The van der Waals surface area contributed by atoms with Crippen LogP contribution in [0.4, 0.5) is 4.39 Å². The van der Waals surface area contributed by atoms with E-state index in [0.29, 0.717) is 22.6 Å². The standard InChI is InChI=1S/C19H14FN3O2/c1-12(23-18(24)15-4-2-3-5-16(15)19(23)25)17-21-10-11-22(17)14-8-6-13(20)7-9-14/h2-12H,1H3. The number of benzene rings is 2. The number of halogens is 1. The summed E-state index contributed by atoms with van der Waals surface area (Å²) in [7, 11) is 0. The molecule has 1 aliphatic rings. The van der Waals surface area contributed by atoms with E-state index in [1.54, 1.807) is 60.3 Å². The fourth-order valence-electron chi connectivity index (χ4n) is 3.12. The van der Waals surface area contributed by atoms with Crippen LogP contribution >= 0.6 is 0 Å². The minimum absolute atomic E-state index is 0.332. The number of carbonyl (C=O) groups excluding carboxylic acids is 2. The molecule has 0 bridgehead atoms. The molecule has 25 heavy (non-hydrogen) atoms. The predicted molar refractivity (Wildman–Crippen MR) is 88.9 cm³/mol. The van der Waals surface area contributed by atoms with Gasteiger partial charge in [-0.25, -0.2) is 9.37 Å². The lowest BCUT2D eigenvalue weighted by atomic mass is 10.1. The fourth-order valence-corrected chi connectivity index (χ4v) is 3.12. The summed E-state index contributed by atoms with van der Waals surface area (Å²) in [5, 5.41) is 0. The van der Waals surface area contributed by atoms with E-state index in [-0.39, 0.29) is 17.6 Å². The van der Waals surface area contributed by atoms with Crippen LogP contribution in [0.3, 0.4) is 0 Å². The maximum absolute atomic E-state index is 13.2. The average Bonchev–Trinajstić information content (AvgIpc) is 3.20. The molecule has 1 aliphatic heterocycles. The first kappa shape index (κ1) is 15.3. The molecule has 1 atom stereocenters. The highest BCUT2D eigenvalue weighted by atomic mass is 19.1. The second-order valence-electron chi connectivity index (χ2n) is 5.83. The number of carbonyl (C=O) groups is 2. The van der Waals surface area contributed by atoms with Crippen LogP contribution in [-0.2, 0) is 0 Å². The van der Waals surface area contributed by atoms with Crippen molar-refractivity contribution in [3.05, 3.63) is 83.7 Å². The van der Waals surface area contributed by atoms with Gasteiger partial charge in [-0.15, -0.1) is 0 Å². The van der Waals surface area contributed by atoms with Gasteiger partial charge in [0.25, 0.3) is 11.8 Å². The van der Waals surface area contributed by atoms with Crippen LogP contribution in [-0.4, -0.2) is 26.3 Å². The maximum Gasteiger partial charge on any atom is 0.262 e. The van der Waals surface area contributed by atoms with E-state index in [1.807, 2.05) is 0 Å². The van der Waals surface area contributed by atoms with Gasteiger partial charge >= 0.3 is 0 Å². The van der Waals surface area contributed by atoms with Gasteiger partial charge in [0.2, 0.25) is 0 Å². The summed E-state index contributed by atoms with van der Waals surface area (Å²) in [5.41, 5.74) is 1.51. The normalized spacial score (nSPS) is 14.7. The van der Waals surface area contributed by atoms with Crippen LogP contribution in [0.15, 0.2) is 60.9 Å². The first-order chi connectivity index (χ1) is 12.1. The summed E-state index contributed by atoms with van der Waals surface area (Å²) in [5.74, 6) is -0.469. The number of nitrogens with zero attached hydrogens (tertiary/aromatic N) is 3. The molecule has 0 fully saturated rings. The van der Waals surface area contributed by atoms with Crippen molar-refractivity contribution in [1.82, 2.24) is 14.5 Å². The fraction of sp³-hybridized carbons (Fsp3) is 0.105. The Morgan fingerprint density at radius 1 is 0.960 bits per heavy atom. The second-order valence-corrected chi connectivity index (χ2v) is 5.83. The molecule has 3 aromatic rings. The van der Waals surface area contributed by atoms with Crippen molar-refractivity contribution >= 4 is 11.8 Å². The summed E-state index contributed by atoms with van der Waals surface area (Å²) in [6.07, 6.45) is 3.31. The summed E-state index contributed by atoms with van der Waals surface area (Å²) in [6.45, 7) is 1.75. The molecule has 6 heteroatoms. The number of imide groups is 1. The van der Waals surface area contributed by atoms with Gasteiger partial charge in [0, 0.05) is 18.1 Å². The van der Waals surface area contributed by atoms with E-state index < -0.39 is 6.04 Å². The summed E-state index contributed by atoms with van der Waals surface area (Å²) in [6, 6.07) is 12.1. The zero-order chi connectivity index (χ0) is 17.6. The molecule has 5 nitrogen and oxygen atoms in total. The Bertz CT molecular complexity index is 943. The lowest BCUT2D eigenvalue weighted by molar-refractivity contribution is 0.0588. The minimum atomic E-state index is -0.563. The average molecular weight is 335 g/mol. The van der Waals surface area contributed by atoms with Gasteiger partial charge in [-0.05, 0) is 43.3 Å². The Morgan fingerprint density at radius 2 is 1.56 bits per heavy atom. The molecular weight excluding hydrogens is 321 g/mol. The molecule has 2 heterocycles. The number of hydrogen-bond donors (Lipinski definition) is 0. The molecule has 0 saturated carbocycles. The molecule has 0 aliphatic carbocycles. The van der Waals surface area contributed by atoms with Gasteiger partial charge < -0.3 is 4.57 Å². The van der Waals surface area contributed by atoms with Crippen molar-refractivity contribution in [2.24, 2.45) is 0 Å². The number of imidazole rings is 1. The van der Waals surface area contributed by atoms with E-state index >= 15 is 0 Å². The monoisotopic (exact) mass is 335 g/mol. The quantitative estimate of drug-likeness (QED) is 0.690. The van der Waals surface area contributed by atoms with Crippen molar-refractivity contribution in [2.75, 3.05) is 0 Å². The van der Waals surface area contributed by atoms with Crippen molar-refractivity contribution in [3.8, 4) is 5.69 Å². The third kappa shape index (κ3) is 2.34. The zero-order valence-electron chi connectivity index (χ0n) is 13.4. The van der Waals surface area contributed by atoms with Crippen molar-refractivity contribution in [1.29, 1.82) is 0 Å². The Balaban J connectivity index is 1.73. The largest absolute Gasteiger partial charge is 0.302 e. The third-order valence-corrected chi connectivity index (χ3v) is 4.36. The minimum Gasteiger partial charge on any atom is -0.302 e. The first-order valence-electron chi connectivity index (χ1n) is 7.84. The van der Waals surface area contributed by atoms with Crippen LogP contribution in [0, 0.1) is 5.82 Å². The van der Waals surface area contributed by atoms with Gasteiger partial charge in [0.1, 0.15) is 11.6 Å². The maximum atomic E-state index is 13.2. The van der Waals surface area contributed by atoms with Crippen LogP contribution < -0.4 is 0 Å². The molecule has 2 aromatic carbocycles. The molecular formula is C19H14FN3O2. The predicted octanol–water partition coefficient (Wildman–Crippen LogP) is 3.37. The van der Waals surface area contributed by atoms with Crippen molar-refractivity contribution in [3.63, 3.8) is 0 Å². The molecule has 4 rings (SSSR count). The van der Waals surface area contributed by atoms with Gasteiger partial charge in [-0.2, -0.15) is 0 Å². The van der Waals surface area contributed by atoms with Crippen molar-refractivity contribution in [2.45, 2.75) is 13.0 Å². The van der Waals surface area contributed by atoms with Gasteiger partial charge in [-0.3, -0.25) is 14.5 Å². The van der Waals surface area contributed by atoms with E-state index in [4.69, 9.17) is 0 Å². The molecule has 0 spiro atoms. The molecule has 0 N–H and O–H groups in total. The highest BCUT2D eigenvalue weighted by molar-refractivity contribution is 6.21. The van der Waals surface area contributed by atoms with Crippen molar-refractivity contribution < 1.29 is 14.0 Å². The van der Waals surface area contributed by atoms with E-state index in [0.717, 1.165) is 0 Å². The van der Waals surface area contributed by atoms with E-state index in [2.05, 4.69) is 4.98 Å². The Hall–Kier alpha value is -3.28. The molecule has 0 radical (unpaired) electrons. The lowest BCUT2D eigenvalue weighted by Gasteiger charge is -2.23. The molecule has 124 valence electrons. The summed E-state index contributed by atoms with van der Waals surface area (Å²) in [4.78, 5) is 30.8. The molecule has 1 aromatic heterocycles. The van der Waals surface area contributed by atoms with Crippen LogP contribution in [0.25, 0.3) is 5.69 Å². The number of hydrogen-bond acceptors (Lipinski definition) is 3. The highest BCUT2D eigenvalue weighted by Crippen LogP contribution is 2.31. The number of aromatic nitrogens is 2. The number of amides is 2. The Labute approximate surface area is 143 Å². The SMILES string of the molecule is CC(c1nccn1-c1ccc(F)cc1)N1C(=O)c2ccccc2C1=O. The van der Waals surface area contributed by atoms with Crippen LogP contribution in [0.5, 0.6) is 0 Å². The lowest BCUT2D eigenvalue weighted by Crippen LogP contribution is -2.34. The second kappa shape index (κ2) is 5.66. The Morgan fingerprint density at radius 3 is 2.16 bits per heavy atom. The first-order valence-corrected chi connectivity index (χ1v) is 7.84. The van der Waals surface area contributed by atoms with Gasteiger partial charge in [0.05, 0.1) is 17.2 Å².